The van der Waals surface area contributed by atoms with E-state index < -0.39 is 17.8 Å². The maximum absolute atomic E-state index is 12.1. The van der Waals surface area contributed by atoms with Crippen molar-refractivity contribution in [3.8, 4) is 0 Å². The van der Waals surface area contributed by atoms with Crippen molar-refractivity contribution in [1.82, 2.24) is 0 Å². The van der Waals surface area contributed by atoms with Crippen LogP contribution in [0.25, 0.3) is 0 Å². The van der Waals surface area contributed by atoms with Crippen LogP contribution < -0.4 is 5.32 Å². The van der Waals surface area contributed by atoms with Crippen molar-refractivity contribution in [2.75, 3.05) is 18.5 Å². The SMILES string of the molecule is CCOC(=O)C(=O)Nc1sc(Cc2ccccc2)cc1C(=O)OCC. The number of carbonyl (C=O) groups is 3. The molecule has 1 amide bonds. The maximum Gasteiger partial charge on any atom is 0.397 e. The van der Waals surface area contributed by atoms with Crippen LogP contribution >= 0.6 is 11.3 Å². The number of rotatable bonds is 6. The van der Waals surface area contributed by atoms with Crippen molar-refractivity contribution in [3.63, 3.8) is 0 Å². The fourth-order valence-electron chi connectivity index (χ4n) is 2.13. The second-order valence-corrected chi connectivity index (χ2v) is 6.15. The number of esters is 2. The molecule has 2 rings (SSSR count). The van der Waals surface area contributed by atoms with E-state index in [1.807, 2.05) is 30.3 Å². The molecule has 1 heterocycles. The number of carbonyl (C=O) groups excluding carboxylic acids is 3. The van der Waals surface area contributed by atoms with Crippen LogP contribution in [0.5, 0.6) is 0 Å². The van der Waals surface area contributed by atoms with Crippen molar-refractivity contribution in [2.24, 2.45) is 0 Å². The van der Waals surface area contributed by atoms with Crippen LogP contribution in [0, 0.1) is 0 Å². The minimum absolute atomic E-state index is 0.0979. The molecule has 0 radical (unpaired) electrons. The van der Waals surface area contributed by atoms with E-state index in [0.29, 0.717) is 6.42 Å². The molecule has 0 fully saturated rings. The molecule has 25 heavy (non-hydrogen) atoms. The van der Waals surface area contributed by atoms with E-state index in [-0.39, 0.29) is 23.8 Å². The van der Waals surface area contributed by atoms with Gasteiger partial charge in [-0.25, -0.2) is 9.59 Å². The highest BCUT2D eigenvalue weighted by molar-refractivity contribution is 7.16. The molecule has 0 aliphatic rings. The number of nitrogens with one attached hydrogen (secondary N) is 1. The van der Waals surface area contributed by atoms with Crippen LogP contribution in [0.4, 0.5) is 5.00 Å². The molecule has 0 aliphatic carbocycles. The van der Waals surface area contributed by atoms with Crippen molar-refractivity contribution >= 4 is 34.2 Å². The lowest BCUT2D eigenvalue weighted by molar-refractivity contribution is -0.152. The molecular weight excluding hydrogens is 342 g/mol. The predicted molar refractivity (Wildman–Crippen MR) is 94.8 cm³/mol. The largest absolute Gasteiger partial charge is 0.462 e. The predicted octanol–water partition coefficient (Wildman–Crippen LogP) is 3.02. The number of thiophene rings is 1. The minimum Gasteiger partial charge on any atom is -0.462 e. The first-order chi connectivity index (χ1) is 12.0. The smallest absolute Gasteiger partial charge is 0.397 e. The van der Waals surface area contributed by atoms with Crippen molar-refractivity contribution < 1.29 is 23.9 Å². The molecular formula is C18H19NO5S. The quantitative estimate of drug-likeness (QED) is 0.632. The summed E-state index contributed by atoms with van der Waals surface area (Å²) in [5, 5.41) is 2.72. The number of hydrogen-bond donors (Lipinski definition) is 1. The van der Waals surface area contributed by atoms with Gasteiger partial charge in [-0.2, -0.15) is 0 Å². The van der Waals surface area contributed by atoms with Crippen LogP contribution in [0.2, 0.25) is 0 Å². The lowest BCUT2D eigenvalue weighted by Crippen LogP contribution is -2.25. The summed E-state index contributed by atoms with van der Waals surface area (Å²) in [5.74, 6) is -2.45. The molecule has 0 spiro atoms. The van der Waals surface area contributed by atoms with Gasteiger partial charge in [0.2, 0.25) is 0 Å². The summed E-state index contributed by atoms with van der Waals surface area (Å²) >= 11 is 1.23. The van der Waals surface area contributed by atoms with Crippen molar-refractivity contribution in [1.29, 1.82) is 0 Å². The topological polar surface area (TPSA) is 81.7 Å². The van der Waals surface area contributed by atoms with Gasteiger partial charge in [-0.05, 0) is 25.5 Å². The van der Waals surface area contributed by atoms with E-state index in [1.54, 1.807) is 19.9 Å². The normalized spacial score (nSPS) is 10.2. The zero-order valence-corrected chi connectivity index (χ0v) is 14.9. The summed E-state index contributed by atoms with van der Waals surface area (Å²) in [7, 11) is 0. The third-order valence-electron chi connectivity index (χ3n) is 3.19. The highest BCUT2D eigenvalue weighted by atomic mass is 32.1. The molecule has 132 valence electrons. The van der Waals surface area contributed by atoms with Gasteiger partial charge in [0, 0.05) is 11.3 Å². The summed E-state index contributed by atoms with van der Waals surface area (Å²) in [6, 6.07) is 11.4. The van der Waals surface area contributed by atoms with E-state index in [4.69, 9.17) is 4.74 Å². The lowest BCUT2D eigenvalue weighted by Gasteiger charge is -2.05. The van der Waals surface area contributed by atoms with E-state index >= 15 is 0 Å². The zero-order chi connectivity index (χ0) is 18.2. The first-order valence-corrected chi connectivity index (χ1v) is 8.68. The average Bonchev–Trinajstić information content (AvgIpc) is 2.98. The molecule has 0 bridgehead atoms. The van der Waals surface area contributed by atoms with Crippen LogP contribution in [-0.4, -0.2) is 31.1 Å². The molecule has 0 unspecified atom stereocenters. The molecule has 0 saturated carbocycles. The Bertz CT molecular complexity index is 754. The van der Waals surface area contributed by atoms with Crippen LogP contribution in [0.3, 0.4) is 0 Å². The van der Waals surface area contributed by atoms with Gasteiger partial charge in [0.25, 0.3) is 0 Å². The summed E-state index contributed by atoms with van der Waals surface area (Å²) in [6.07, 6.45) is 0.604. The van der Waals surface area contributed by atoms with Gasteiger partial charge in [-0.3, -0.25) is 4.79 Å². The van der Waals surface area contributed by atoms with Crippen molar-refractivity contribution in [2.45, 2.75) is 20.3 Å². The standard InChI is InChI=1S/C18H19NO5S/c1-3-23-17(21)14-11-13(10-12-8-6-5-7-9-12)25-16(14)19-15(20)18(22)24-4-2/h5-9,11H,3-4,10H2,1-2H3,(H,19,20). The van der Waals surface area contributed by atoms with E-state index in [0.717, 1.165) is 10.4 Å². The second kappa shape index (κ2) is 8.98. The molecule has 6 nitrogen and oxygen atoms in total. The summed E-state index contributed by atoms with van der Waals surface area (Å²) in [6.45, 7) is 3.62. The molecule has 0 saturated heterocycles. The Morgan fingerprint density at radius 1 is 1.04 bits per heavy atom. The van der Waals surface area contributed by atoms with Gasteiger partial charge < -0.3 is 14.8 Å². The Balaban J connectivity index is 2.24. The van der Waals surface area contributed by atoms with Gasteiger partial charge in [-0.1, -0.05) is 30.3 Å². The maximum atomic E-state index is 12.1. The molecule has 0 aliphatic heterocycles. The second-order valence-electron chi connectivity index (χ2n) is 5.01. The van der Waals surface area contributed by atoms with E-state index in [1.165, 1.54) is 11.3 Å². The van der Waals surface area contributed by atoms with Gasteiger partial charge in [-0.15, -0.1) is 11.3 Å². The zero-order valence-electron chi connectivity index (χ0n) is 14.0. The third-order valence-corrected chi connectivity index (χ3v) is 4.24. The minimum atomic E-state index is -0.990. The van der Waals surface area contributed by atoms with Gasteiger partial charge in [0.15, 0.2) is 0 Å². The number of ether oxygens (including phenoxy) is 2. The summed E-state index contributed by atoms with van der Waals surface area (Å²) in [5.41, 5.74) is 1.30. The fraction of sp³-hybridized carbons (Fsp3) is 0.278. The number of anilines is 1. The monoisotopic (exact) mass is 361 g/mol. The van der Waals surface area contributed by atoms with Crippen LogP contribution in [0.15, 0.2) is 36.4 Å². The number of benzene rings is 1. The Kier molecular flexibility index (Phi) is 6.71. The molecule has 1 N–H and O–H groups in total. The molecule has 0 atom stereocenters. The van der Waals surface area contributed by atoms with Gasteiger partial charge in [0.05, 0.1) is 18.8 Å². The summed E-state index contributed by atoms with van der Waals surface area (Å²) < 4.78 is 9.69. The molecule has 1 aromatic carbocycles. The Labute approximate surface area is 149 Å². The van der Waals surface area contributed by atoms with Crippen molar-refractivity contribution in [3.05, 3.63) is 52.4 Å². The molecule has 7 heteroatoms. The molecule has 2 aromatic rings. The van der Waals surface area contributed by atoms with Gasteiger partial charge >= 0.3 is 17.8 Å². The fourth-order valence-corrected chi connectivity index (χ4v) is 3.20. The average molecular weight is 361 g/mol. The number of amides is 1. The Hall–Kier alpha value is -2.67. The Morgan fingerprint density at radius 3 is 2.36 bits per heavy atom. The summed E-state index contributed by atoms with van der Waals surface area (Å²) in [4.78, 5) is 36.4. The highest BCUT2D eigenvalue weighted by Crippen LogP contribution is 2.30. The highest BCUT2D eigenvalue weighted by Gasteiger charge is 2.22. The van der Waals surface area contributed by atoms with Crippen LogP contribution in [-0.2, 0) is 25.5 Å². The van der Waals surface area contributed by atoms with E-state index in [9.17, 15) is 14.4 Å². The first kappa shape index (κ1) is 18.7. The number of hydrogen-bond acceptors (Lipinski definition) is 6. The third kappa shape index (κ3) is 5.15. The van der Waals surface area contributed by atoms with E-state index in [2.05, 4.69) is 10.1 Å². The lowest BCUT2D eigenvalue weighted by atomic mass is 10.1. The van der Waals surface area contributed by atoms with Crippen LogP contribution in [0.1, 0.15) is 34.6 Å². The molecule has 1 aromatic heterocycles. The van der Waals surface area contributed by atoms with Gasteiger partial charge in [0.1, 0.15) is 5.00 Å². The first-order valence-electron chi connectivity index (χ1n) is 7.87. The Morgan fingerprint density at radius 2 is 1.72 bits per heavy atom.